The molecule has 3 aromatic rings. The molecule has 1 N–H and O–H groups in total. The number of nitrogens with one attached hydrogen (secondary N) is 1. The molecule has 0 radical (unpaired) electrons. The molecule has 0 amide bonds. The number of fused-ring (bicyclic) bond motifs is 1. The van der Waals surface area contributed by atoms with E-state index < -0.39 is 0 Å². The van der Waals surface area contributed by atoms with Crippen LogP contribution in [-0.2, 0) is 13.0 Å². The van der Waals surface area contributed by atoms with E-state index in [1.165, 1.54) is 11.1 Å². The van der Waals surface area contributed by atoms with Crippen molar-refractivity contribution in [3.63, 3.8) is 0 Å². The first-order chi connectivity index (χ1) is 9.13. The molecule has 3 nitrogen and oxygen atoms in total. The Morgan fingerprint density at radius 3 is 2.95 bits per heavy atom. The molecular formula is C14H15N3S2. The van der Waals surface area contributed by atoms with E-state index in [2.05, 4.69) is 45.0 Å². The van der Waals surface area contributed by atoms with Gasteiger partial charge in [0.15, 0.2) is 4.77 Å². The number of hydrogen-bond acceptors (Lipinski definition) is 3. The normalized spacial score (nSPS) is 11.3. The minimum atomic E-state index is 0.785. The van der Waals surface area contributed by atoms with Crippen LogP contribution in [0, 0.1) is 18.6 Å². The van der Waals surface area contributed by atoms with E-state index >= 15 is 0 Å². The molecule has 98 valence electrons. The quantitative estimate of drug-likeness (QED) is 0.739. The Hall–Kier alpha value is -1.46. The molecule has 1 aromatic carbocycles. The lowest BCUT2D eigenvalue weighted by Gasteiger charge is -2.03. The first kappa shape index (κ1) is 12.6. The third-order valence-electron chi connectivity index (χ3n) is 3.19. The van der Waals surface area contributed by atoms with Gasteiger partial charge in [-0.1, -0.05) is 6.07 Å². The molecule has 0 aliphatic rings. The third kappa shape index (κ3) is 2.48. The molecule has 0 fully saturated rings. The van der Waals surface area contributed by atoms with Gasteiger partial charge in [-0.25, -0.2) is 4.98 Å². The van der Waals surface area contributed by atoms with Crippen LogP contribution in [-0.4, -0.2) is 14.5 Å². The second kappa shape index (κ2) is 4.90. The van der Waals surface area contributed by atoms with Gasteiger partial charge in [0.2, 0.25) is 0 Å². The number of hydrogen-bond donors (Lipinski definition) is 1. The SMILES string of the molecule is Cc1ccc2[nH]c(=S)n(CCc3csc(C)n3)c2c1. The zero-order chi connectivity index (χ0) is 13.4. The van der Waals surface area contributed by atoms with Crippen molar-refractivity contribution in [3.05, 3.63) is 44.6 Å². The minimum Gasteiger partial charge on any atom is -0.331 e. The highest BCUT2D eigenvalue weighted by Crippen LogP contribution is 2.17. The van der Waals surface area contributed by atoms with Crippen molar-refractivity contribution in [1.29, 1.82) is 0 Å². The summed E-state index contributed by atoms with van der Waals surface area (Å²) in [4.78, 5) is 7.75. The monoisotopic (exact) mass is 289 g/mol. The zero-order valence-corrected chi connectivity index (χ0v) is 12.6. The molecule has 0 unspecified atom stereocenters. The van der Waals surface area contributed by atoms with Gasteiger partial charge in [-0.2, -0.15) is 0 Å². The Kier molecular flexibility index (Phi) is 3.24. The number of benzene rings is 1. The molecule has 0 saturated heterocycles. The summed E-state index contributed by atoms with van der Waals surface area (Å²) in [5, 5.41) is 3.24. The Morgan fingerprint density at radius 1 is 1.37 bits per heavy atom. The molecule has 0 saturated carbocycles. The smallest absolute Gasteiger partial charge is 0.178 e. The van der Waals surface area contributed by atoms with Gasteiger partial charge < -0.3 is 9.55 Å². The largest absolute Gasteiger partial charge is 0.331 e. The average molecular weight is 289 g/mol. The molecule has 2 heterocycles. The van der Waals surface area contributed by atoms with Gasteiger partial charge in [0.1, 0.15) is 0 Å². The summed E-state index contributed by atoms with van der Waals surface area (Å²) >= 11 is 7.10. The fraction of sp³-hybridized carbons (Fsp3) is 0.286. The number of thiazole rings is 1. The van der Waals surface area contributed by atoms with Gasteiger partial charge in [0.05, 0.1) is 21.7 Å². The number of aryl methyl sites for hydroxylation is 4. The molecule has 0 atom stereocenters. The topological polar surface area (TPSA) is 33.6 Å². The van der Waals surface area contributed by atoms with Crippen LogP contribution in [0.5, 0.6) is 0 Å². The van der Waals surface area contributed by atoms with Gasteiger partial charge in [0, 0.05) is 18.3 Å². The Bertz CT molecular complexity index is 779. The van der Waals surface area contributed by atoms with Gasteiger partial charge in [-0.15, -0.1) is 11.3 Å². The summed E-state index contributed by atoms with van der Waals surface area (Å²) in [6.07, 6.45) is 0.916. The second-order valence-corrected chi connectivity index (χ2v) is 6.16. The highest BCUT2D eigenvalue weighted by molar-refractivity contribution is 7.71. The van der Waals surface area contributed by atoms with Crippen molar-refractivity contribution in [3.8, 4) is 0 Å². The maximum absolute atomic E-state index is 5.41. The fourth-order valence-electron chi connectivity index (χ4n) is 2.23. The fourth-order valence-corrected chi connectivity index (χ4v) is 3.18. The highest BCUT2D eigenvalue weighted by Gasteiger charge is 2.06. The van der Waals surface area contributed by atoms with Crippen LogP contribution in [0.4, 0.5) is 0 Å². The lowest BCUT2D eigenvalue weighted by Crippen LogP contribution is -2.01. The maximum Gasteiger partial charge on any atom is 0.178 e. The first-order valence-corrected chi connectivity index (χ1v) is 7.52. The summed E-state index contributed by atoms with van der Waals surface area (Å²) in [5.41, 5.74) is 4.67. The summed E-state index contributed by atoms with van der Waals surface area (Å²) in [6.45, 7) is 5.00. The number of aromatic amines is 1. The summed E-state index contributed by atoms with van der Waals surface area (Å²) < 4.78 is 2.94. The molecule has 0 bridgehead atoms. The highest BCUT2D eigenvalue weighted by atomic mass is 32.1. The van der Waals surface area contributed by atoms with Gasteiger partial charge >= 0.3 is 0 Å². The van der Waals surface area contributed by atoms with E-state index in [-0.39, 0.29) is 0 Å². The lowest BCUT2D eigenvalue weighted by atomic mass is 10.2. The summed E-state index contributed by atoms with van der Waals surface area (Å²) in [6, 6.07) is 6.36. The van der Waals surface area contributed by atoms with Crippen LogP contribution >= 0.6 is 23.6 Å². The van der Waals surface area contributed by atoms with Gasteiger partial charge in [-0.3, -0.25) is 0 Å². The van der Waals surface area contributed by atoms with E-state index in [9.17, 15) is 0 Å². The molecule has 3 rings (SSSR count). The van der Waals surface area contributed by atoms with E-state index in [4.69, 9.17) is 12.2 Å². The van der Waals surface area contributed by atoms with Crippen molar-refractivity contribution in [2.75, 3.05) is 0 Å². The standard InChI is InChI=1S/C14H15N3S2/c1-9-3-4-12-13(7-9)17(14(18)16-12)6-5-11-8-19-10(2)15-11/h3-4,7-8H,5-6H2,1-2H3,(H,16,18). The molecule has 0 aliphatic heterocycles. The second-order valence-electron chi connectivity index (χ2n) is 4.71. The number of nitrogens with zero attached hydrogens (tertiary/aromatic N) is 2. The number of aromatic nitrogens is 3. The molecule has 2 aromatic heterocycles. The van der Waals surface area contributed by atoms with Crippen LogP contribution in [0.1, 0.15) is 16.3 Å². The van der Waals surface area contributed by atoms with E-state index in [1.54, 1.807) is 11.3 Å². The molecule has 0 spiro atoms. The van der Waals surface area contributed by atoms with E-state index in [0.717, 1.165) is 34.0 Å². The summed E-state index contributed by atoms with van der Waals surface area (Å²) in [7, 11) is 0. The predicted octanol–water partition coefficient (Wildman–Crippen LogP) is 4.01. The van der Waals surface area contributed by atoms with Crippen molar-refractivity contribution in [1.82, 2.24) is 14.5 Å². The van der Waals surface area contributed by atoms with E-state index in [0.29, 0.717) is 0 Å². The maximum atomic E-state index is 5.41. The van der Waals surface area contributed by atoms with Crippen LogP contribution < -0.4 is 0 Å². The molecule has 0 aliphatic carbocycles. The molecule has 19 heavy (non-hydrogen) atoms. The van der Waals surface area contributed by atoms with Crippen LogP contribution in [0.25, 0.3) is 11.0 Å². The number of imidazole rings is 1. The number of rotatable bonds is 3. The Balaban J connectivity index is 1.94. The average Bonchev–Trinajstić information content (AvgIpc) is 2.90. The van der Waals surface area contributed by atoms with Gasteiger partial charge in [0.25, 0.3) is 0 Å². The minimum absolute atomic E-state index is 0.785. The predicted molar refractivity (Wildman–Crippen MR) is 82.4 cm³/mol. The number of H-pyrrole nitrogens is 1. The lowest BCUT2D eigenvalue weighted by molar-refractivity contribution is 0.697. The van der Waals surface area contributed by atoms with Crippen LogP contribution in [0.15, 0.2) is 23.6 Å². The summed E-state index contributed by atoms with van der Waals surface area (Å²) in [5.74, 6) is 0. The first-order valence-electron chi connectivity index (χ1n) is 6.23. The van der Waals surface area contributed by atoms with Crippen molar-refractivity contribution in [2.24, 2.45) is 0 Å². The van der Waals surface area contributed by atoms with Crippen molar-refractivity contribution < 1.29 is 0 Å². The zero-order valence-electron chi connectivity index (χ0n) is 10.9. The molecular weight excluding hydrogens is 274 g/mol. The van der Waals surface area contributed by atoms with Crippen LogP contribution in [0.2, 0.25) is 0 Å². The Morgan fingerprint density at radius 2 is 2.21 bits per heavy atom. The van der Waals surface area contributed by atoms with Crippen molar-refractivity contribution in [2.45, 2.75) is 26.8 Å². The van der Waals surface area contributed by atoms with E-state index in [1.807, 2.05) is 6.92 Å². The van der Waals surface area contributed by atoms with Crippen LogP contribution in [0.3, 0.4) is 0 Å². The Labute approximate surface area is 120 Å². The van der Waals surface area contributed by atoms with Crippen molar-refractivity contribution >= 4 is 34.6 Å². The third-order valence-corrected chi connectivity index (χ3v) is 4.33. The molecule has 5 heteroatoms. The van der Waals surface area contributed by atoms with Gasteiger partial charge in [-0.05, 0) is 43.8 Å².